The molecule has 0 bridgehead atoms. The van der Waals surface area contributed by atoms with Crippen molar-refractivity contribution in [3.63, 3.8) is 0 Å². The van der Waals surface area contributed by atoms with Crippen LogP contribution in [-0.2, 0) is 6.54 Å². The highest BCUT2D eigenvalue weighted by molar-refractivity contribution is 7.08. The molecule has 0 atom stereocenters. The van der Waals surface area contributed by atoms with Gasteiger partial charge >= 0.3 is 5.69 Å². The summed E-state index contributed by atoms with van der Waals surface area (Å²) >= 11 is 1.65. The summed E-state index contributed by atoms with van der Waals surface area (Å²) in [5.41, 5.74) is 4.28. The minimum absolute atomic E-state index is 0.175. The van der Waals surface area contributed by atoms with Crippen molar-refractivity contribution in [1.82, 2.24) is 24.0 Å². The van der Waals surface area contributed by atoms with Gasteiger partial charge in [-0.3, -0.25) is 9.13 Å². The fourth-order valence-electron chi connectivity index (χ4n) is 4.07. The van der Waals surface area contributed by atoms with E-state index in [0.717, 1.165) is 54.8 Å². The molecular weight excluding hydrogens is 408 g/mol. The van der Waals surface area contributed by atoms with Gasteiger partial charge in [0, 0.05) is 36.1 Å². The van der Waals surface area contributed by atoms with Crippen molar-refractivity contribution in [1.29, 1.82) is 5.26 Å². The molecule has 0 aliphatic carbocycles. The molecule has 7 nitrogen and oxygen atoms in total. The second kappa shape index (κ2) is 8.46. The van der Waals surface area contributed by atoms with Gasteiger partial charge in [0.1, 0.15) is 6.33 Å². The summed E-state index contributed by atoms with van der Waals surface area (Å²) in [7, 11) is 0. The van der Waals surface area contributed by atoms with Crippen molar-refractivity contribution in [2.24, 2.45) is 5.92 Å². The summed E-state index contributed by atoms with van der Waals surface area (Å²) in [5, 5.41) is 13.1. The Hall–Kier alpha value is -3.28. The van der Waals surface area contributed by atoms with E-state index < -0.39 is 0 Å². The monoisotopic (exact) mass is 430 g/mol. The van der Waals surface area contributed by atoms with Gasteiger partial charge in [-0.05, 0) is 55.6 Å². The summed E-state index contributed by atoms with van der Waals surface area (Å²) in [4.78, 5) is 23.7. The first-order chi connectivity index (χ1) is 15.2. The van der Waals surface area contributed by atoms with Gasteiger partial charge in [0.15, 0.2) is 0 Å². The minimum Gasteiger partial charge on any atom is -0.301 e. The lowest BCUT2D eigenvalue weighted by molar-refractivity contribution is 0.198. The highest BCUT2D eigenvalue weighted by atomic mass is 32.1. The number of hydrogen-bond donors (Lipinski definition) is 0. The van der Waals surface area contributed by atoms with Gasteiger partial charge in [0.05, 0.1) is 28.5 Å². The van der Waals surface area contributed by atoms with Crippen LogP contribution in [-0.4, -0.2) is 43.6 Å². The Labute approximate surface area is 183 Å². The van der Waals surface area contributed by atoms with Crippen LogP contribution >= 0.6 is 11.3 Å². The van der Waals surface area contributed by atoms with Gasteiger partial charge < -0.3 is 4.90 Å². The van der Waals surface area contributed by atoms with Crippen LogP contribution in [0.1, 0.15) is 12.8 Å². The van der Waals surface area contributed by atoms with Gasteiger partial charge in [0.2, 0.25) is 0 Å². The zero-order chi connectivity index (χ0) is 21.2. The van der Waals surface area contributed by atoms with Crippen LogP contribution in [0.5, 0.6) is 0 Å². The van der Waals surface area contributed by atoms with E-state index in [1.165, 1.54) is 0 Å². The number of rotatable bonds is 5. The molecule has 1 aliphatic rings. The van der Waals surface area contributed by atoms with Crippen LogP contribution in [0.15, 0.2) is 58.4 Å². The Morgan fingerprint density at radius 3 is 2.77 bits per heavy atom. The second-order valence-corrected chi connectivity index (χ2v) is 8.61. The average Bonchev–Trinajstić information content (AvgIpc) is 3.48. The summed E-state index contributed by atoms with van der Waals surface area (Å²) in [6, 6.07) is 12.3. The molecule has 1 aliphatic heterocycles. The van der Waals surface area contributed by atoms with E-state index in [2.05, 4.69) is 37.0 Å². The third-order valence-corrected chi connectivity index (χ3v) is 6.60. The Morgan fingerprint density at radius 2 is 2.03 bits per heavy atom. The molecule has 0 unspecified atom stereocenters. The molecule has 4 heterocycles. The zero-order valence-electron chi connectivity index (χ0n) is 17.0. The van der Waals surface area contributed by atoms with Crippen LogP contribution in [0.4, 0.5) is 0 Å². The SMILES string of the molecule is N#CC1CCN(CCn2ccc(-c3ccc4c(c3)ncn4-c3ccsc3)nc2=O)CC1. The normalized spacial score (nSPS) is 15.3. The molecule has 156 valence electrons. The number of nitriles is 1. The van der Waals surface area contributed by atoms with E-state index in [1.54, 1.807) is 15.9 Å². The molecule has 0 saturated carbocycles. The Bertz CT molecular complexity index is 1290. The molecule has 8 heteroatoms. The first-order valence-corrected chi connectivity index (χ1v) is 11.3. The van der Waals surface area contributed by atoms with E-state index >= 15 is 0 Å². The predicted octanol–water partition coefficient (Wildman–Crippen LogP) is 3.55. The van der Waals surface area contributed by atoms with Gasteiger partial charge in [-0.15, -0.1) is 0 Å². The first kappa shape index (κ1) is 19.7. The van der Waals surface area contributed by atoms with Crippen molar-refractivity contribution >= 4 is 22.4 Å². The molecule has 0 spiro atoms. The molecule has 1 fully saturated rings. The Balaban J connectivity index is 1.31. The van der Waals surface area contributed by atoms with Crippen molar-refractivity contribution < 1.29 is 0 Å². The van der Waals surface area contributed by atoms with E-state index in [-0.39, 0.29) is 11.6 Å². The van der Waals surface area contributed by atoms with Crippen molar-refractivity contribution in [2.45, 2.75) is 19.4 Å². The number of nitrogens with zero attached hydrogens (tertiary/aromatic N) is 6. The molecule has 3 aromatic heterocycles. The van der Waals surface area contributed by atoms with Gasteiger partial charge in [0.25, 0.3) is 0 Å². The number of hydrogen-bond acceptors (Lipinski definition) is 6. The maximum absolute atomic E-state index is 12.6. The standard InChI is InChI=1S/C23H22N6OS/c24-14-17-3-7-27(8-4-17)10-11-28-9-5-20(26-23(28)30)18-1-2-22-21(13-18)25-16-29(22)19-6-12-31-15-19/h1-2,5-6,9,12-13,15-17H,3-4,7-8,10-11H2. The van der Waals surface area contributed by atoms with Crippen LogP contribution in [0.25, 0.3) is 28.0 Å². The summed E-state index contributed by atoms with van der Waals surface area (Å²) in [6.45, 7) is 3.23. The van der Waals surface area contributed by atoms with Gasteiger partial charge in [-0.1, -0.05) is 6.07 Å². The summed E-state index contributed by atoms with van der Waals surface area (Å²) < 4.78 is 3.71. The number of aromatic nitrogens is 4. The molecule has 0 amide bonds. The fourth-order valence-corrected chi connectivity index (χ4v) is 4.69. The lowest BCUT2D eigenvalue weighted by atomic mass is 9.99. The summed E-state index contributed by atoms with van der Waals surface area (Å²) in [6.07, 6.45) is 5.46. The number of imidazole rings is 1. The molecule has 4 aromatic rings. The maximum Gasteiger partial charge on any atom is 0.348 e. The van der Waals surface area contributed by atoms with Crippen LogP contribution in [0, 0.1) is 17.2 Å². The minimum atomic E-state index is -0.242. The first-order valence-electron chi connectivity index (χ1n) is 10.4. The maximum atomic E-state index is 12.6. The third-order valence-electron chi connectivity index (χ3n) is 5.93. The predicted molar refractivity (Wildman–Crippen MR) is 121 cm³/mol. The Kier molecular flexibility index (Phi) is 5.37. The molecule has 1 saturated heterocycles. The molecule has 0 N–H and O–H groups in total. The molecule has 31 heavy (non-hydrogen) atoms. The highest BCUT2D eigenvalue weighted by Gasteiger charge is 2.18. The van der Waals surface area contributed by atoms with Crippen LogP contribution < -0.4 is 5.69 Å². The number of thiophene rings is 1. The average molecular weight is 431 g/mol. The van der Waals surface area contributed by atoms with Gasteiger partial charge in [-0.2, -0.15) is 21.6 Å². The van der Waals surface area contributed by atoms with E-state index in [9.17, 15) is 4.79 Å². The number of piperidine rings is 1. The molecule has 0 radical (unpaired) electrons. The van der Waals surface area contributed by atoms with Crippen molar-refractivity contribution in [2.75, 3.05) is 19.6 Å². The smallest absolute Gasteiger partial charge is 0.301 e. The zero-order valence-corrected chi connectivity index (χ0v) is 17.8. The van der Waals surface area contributed by atoms with Crippen LogP contribution in [0.3, 0.4) is 0 Å². The number of benzene rings is 1. The van der Waals surface area contributed by atoms with E-state index in [0.29, 0.717) is 12.2 Å². The highest BCUT2D eigenvalue weighted by Crippen LogP contribution is 2.24. The number of likely N-dealkylation sites (tertiary alicyclic amines) is 1. The second-order valence-electron chi connectivity index (χ2n) is 7.83. The number of fused-ring (bicyclic) bond motifs is 1. The summed E-state index contributed by atoms with van der Waals surface area (Å²) in [5.74, 6) is 0.175. The van der Waals surface area contributed by atoms with E-state index in [4.69, 9.17) is 5.26 Å². The topological polar surface area (TPSA) is 79.7 Å². The third kappa shape index (κ3) is 4.02. The van der Waals surface area contributed by atoms with Crippen molar-refractivity contribution in [3.8, 4) is 23.0 Å². The van der Waals surface area contributed by atoms with E-state index in [1.807, 2.05) is 42.2 Å². The lowest BCUT2D eigenvalue weighted by Gasteiger charge is -2.28. The van der Waals surface area contributed by atoms with Crippen molar-refractivity contribution in [3.05, 3.63) is 64.1 Å². The van der Waals surface area contributed by atoms with Crippen LogP contribution in [0.2, 0.25) is 0 Å². The fraction of sp³-hybridized carbons (Fsp3) is 0.304. The molecule has 1 aromatic carbocycles. The molecule has 5 rings (SSSR count). The lowest BCUT2D eigenvalue weighted by Crippen LogP contribution is -2.37. The largest absolute Gasteiger partial charge is 0.348 e. The van der Waals surface area contributed by atoms with Gasteiger partial charge in [-0.25, -0.2) is 9.78 Å². The quantitative estimate of drug-likeness (QED) is 0.484. The molecular formula is C23H22N6OS. The Morgan fingerprint density at radius 1 is 1.16 bits per heavy atom.